The SMILES string of the molecule is COC(=O)C(C)(C)NC(=O)C1CCN(C(=O)COc2ccccc2)CC1. The molecule has 1 aliphatic heterocycles. The van der Waals surface area contributed by atoms with Gasteiger partial charge < -0.3 is 19.7 Å². The summed E-state index contributed by atoms with van der Waals surface area (Å²) >= 11 is 0. The summed E-state index contributed by atoms with van der Waals surface area (Å²) < 4.78 is 10.2. The molecule has 0 atom stereocenters. The number of hydrogen-bond donors (Lipinski definition) is 1. The van der Waals surface area contributed by atoms with Gasteiger partial charge in [-0.2, -0.15) is 0 Å². The lowest BCUT2D eigenvalue weighted by Gasteiger charge is -2.33. The number of rotatable bonds is 6. The number of esters is 1. The molecule has 0 saturated carbocycles. The molecule has 1 heterocycles. The first kappa shape index (κ1) is 19.8. The van der Waals surface area contributed by atoms with Crippen molar-refractivity contribution in [1.29, 1.82) is 0 Å². The molecule has 7 nitrogen and oxygen atoms in total. The smallest absolute Gasteiger partial charge is 0.330 e. The van der Waals surface area contributed by atoms with E-state index in [4.69, 9.17) is 9.47 Å². The standard InChI is InChI=1S/C19H26N2O5/c1-19(2,18(24)25-3)20-17(23)14-9-11-21(12-10-14)16(22)13-26-15-7-5-4-6-8-15/h4-8,14H,9-13H2,1-3H3,(H,20,23). The predicted octanol–water partition coefficient (Wildman–Crippen LogP) is 1.37. The van der Waals surface area contributed by atoms with Crippen LogP contribution in [0.25, 0.3) is 0 Å². The quantitative estimate of drug-likeness (QED) is 0.773. The van der Waals surface area contributed by atoms with E-state index in [2.05, 4.69) is 5.32 Å². The highest BCUT2D eigenvalue weighted by molar-refractivity contribution is 5.88. The Balaban J connectivity index is 1.78. The number of amides is 2. The van der Waals surface area contributed by atoms with Crippen LogP contribution in [0.2, 0.25) is 0 Å². The van der Waals surface area contributed by atoms with Gasteiger partial charge in [-0.3, -0.25) is 9.59 Å². The van der Waals surface area contributed by atoms with Gasteiger partial charge in [0, 0.05) is 19.0 Å². The van der Waals surface area contributed by atoms with E-state index in [0.29, 0.717) is 31.7 Å². The van der Waals surface area contributed by atoms with Gasteiger partial charge in [-0.25, -0.2) is 4.79 Å². The van der Waals surface area contributed by atoms with Crippen LogP contribution in [-0.4, -0.2) is 55.0 Å². The number of benzene rings is 1. The molecule has 0 bridgehead atoms. The van der Waals surface area contributed by atoms with Gasteiger partial charge in [0.25, 0.3) is 5.91 Å². The number of carbonyl (C=O) groups is 3. The van der Waals surface area contributed by atoms with Gasteiger partial charge in [0.05, 0.1) is 7.11 Å². The average Bonchev–Trinajstić information content (AvgIpc) is 2.66. The highest BCUT2D eigenvalue weighted by atomic mass is 16.5. The van der Waals surface area contributed by atoms with Gasteiger partial charge in [-0.15, -0.1) is 0 Å². The first-order valence-corrected chi connectivity index (χ1v) is 8.69. The number of piperidine rings is 1. The van der Waals surface area contributed by atoms with Crippen LogP contribution in [-0.2, 0) is 19.1 Å². The summed E-state index contributed by atoms with van der Waals surface area (Å²) in [5.74, 6) is -0.342. The minimum atomic E-state index is -1.07. The van der Waals surface area contributed by atoms with E-state index in [1.165, 1.54) is 7.11 Å². The van der Waals surface area contributed by atoms with Crippen molar-refractivity contribution < 1.29 is 23.9 Å². The Hall–Kier alpha value is -2.57. The minimum absolute atomic E-state index is 0.0176. The molecule has 1 aromatic rings. The molecule has 0 aliphatic carbocycles. The Morgan fingerprint density at radius 1 is 1.15 bits per heavy atom. The van der Waals surface area contributed by atoms with Crippen LogP contribution < -0.4 is 10.1 Å². The fourth-order valence-electron chi connectivity index (χ4n) is 2.86. The van der Waals surface area contributed by atoms with E-state index in [9.17, 15) is 14.4 Å². The summed E-state index contributed by atoms with van der Waals surface area (Å²) in [6.45, 7) is 4.18. The predicted molar refractivity (Wildman–Crippen MR) is 95.5 cm³/mol. The molecule has 2 rings (SSSR count). The largest absolute Gasteiger partial charge is 0.484 e. The Kier molecular flexibility index (Phi) is 6.60. The summed E-state index contributed by atoms with van der Waals surface area (Å²) in [6.07, 6.45) is 1.11. The number of methoxy groups -OCH3 is 1. The Bertz CT molecular complexity index is 637. The number of carbonyl (C=O) groups excluding carboxylic acids is 3. The van der Waals surface area contributed by atoms with Crippen molar-refractivity contribution in [3.8, 4) is 5.75 Å². The van der Waals surface area contributed by atoms with Crippen LogP contribution in [0.15, 0.2) is 30.3 Å². The normalized spacial score (nSPS) is 15.3. The molecule has 26 heavy (non-hydrogen) atoms. The molecule has 1 saturated heterocycles. The second-order valence-electron chi connectivity index (χ2n) is 6.86. The Morgan fingerprint density at radius 3 is 2.35 bits per heavy atom. The van der Waals surface area contributed by atoms with E-state index in [1.54, 1.807) is 30.9 Å². The van der Waals surface area contributed by atoms with Crippen LogP contribution in [0.3, 0.4) is 0 Å². The molecule has 1 aliphatic rings. The van der Waals surface area contributed by atoms with E-state index < -0.39 is 11.5 Å². The molecule has 0 unspecified atom stereocenters. The molecule has 0 spiro atoms. The number of nitrogens with one attached hydrogen (secondary N) is 1. The molecule has 7 heteroatoms. The van der Waals surface area contributed by atoms with Crippen molar-refractivity contribution >= 4 is 17.8 Å². The van der Waals surface area contributed by atoms with Gasteiger partial charge in [-0.1, -0.05) is 18.2 Å². The topological polar surface area (TPSA) is 84.9 Å². The zero-order valence-electron chi connectivity index (χ0n) is 15.5. The molecular weight excluding hydrogens is 336 g/mol. The molecule has 1 N–H and O–H groups in total. The summed E-state index contributed by atoms with van der Waals surface area (Å²) in [5, 5.41) is 2.73. The molecule has 1 aromatic carbocycles. The van der Waals surface area contributed by atoms with Crippen molar-refractivity contribution in [2.24, 2.45) is 5.92 Å². The van der Waals surface area contributed by atoms with Gasteiger partial charge >= 0.3 is 5.97 Å². The molecular formula is C19H26N2O5. The van der Waals surface area contributed by atoms with Crippen LogP contribution in [0.1, 0.15) is 26.7 Å². The van der Waals surface area contributed by atoms with Crippen molar-refractivity contribution in [3.05, 3.63) is 30.3 Å². The monoisotopic (exact) mass is 362 g/mol. The van der Waals surface area contributed by atoms with E-state index in [-0.39, 0.29) is 24.3 Å². The van der Waals surface area contributed by atoms with E-state index in [1.807, 2.05) is 18.2 Å². The summed E-state index contributed by atoms with van der Waals surface area (Å²) in [4.78, 5) is 38.0. The maximum Gasteiger partial charge on any atom is 0.330 e. The molecule has 0 aromatic heterocycles. The third kappa shape index (κ3) is 5.21. The first-order valence-electron chi connectivity index (χ1n) is 8.69. The highest BCUT2D eigenvalue weighted by Crippen LogP contribution is 2.19. The molecule has 2 amide bonds. The Labute approximate surface area is 153 Å². The van der Waals surface area contributed by atoms with Crippen LogP contribution in [0.5, 0.6) is 5.75 Å². The molecule has 1 fully saturated rings. The number of likely N-dealkylation sites (tertiary alicyclic amines) is 1. The van der Waals surface area contributed by atoms with Gasteiger partial charge in [0.15, 0.2) is 6.61 Å². The van der Waals surface area contributed by atoms with Gasteiger partial charge in [0.1, 0.15) is 11.3 Å². The number of nitrogens with zero attached hydrogens (tertiary/aromatic N) is 1. The van der Waals surface area contributed by atoms with Crippen LogP contribution in [0, 0.1) is 5.92 Å². The average molecular weight is 362 g/mol. The summed E-state index contributed by atoms with van der Waals surface area (Å²) in [5.41, 5.74) is -1.07. The van der Waals surface area contributed by atoms with Gasteiger partial charge in [-0.05, 0) is 38.8 Å². The summed E-state index contributed by atoms with van der Waals surface area (Å²) in [6, 6.07) is 9.17. The third-order valence-electron chi connectivity index (χ3n) is 4.46. The minimum Gasteiger partial charge on any atom is -0.484 e. The Morgan fingerprint density at radius 2 is 1.77 bits per heavy atom. The number of para-hydroxylation sites is 1. The van der Waals surface area contributed by atoms with Crippen LogP contribution in [0.4, 0.5) is 0 Å². The van der Waals surface area contributed by atoms with Crippen LogP contribution >= 0.6 is 0 Å². The zero-order chi connectivity index (χ0) is 19.2. The fraction of sp³-hybridized carbons (Fsp3) is 0.526. The maximum atomic E-state index is 12.4. The van der Waals surface area contributed by atoms with Crippen molar-refractivity contribution in [2.45, 2.75) is 32.2 Å². The second kappa shape index (κ2) is 8.69. The van der Waals surface area contributed by atoms with Crippen molar-refractivity contribution in [3.63, 3.8) is 0 Å². The third-order valence-corrected chi connectivity index (χ3v) is 4.46. The summed E-state index contributed by atoms with van der Waals surface area (Å²) in [7, 11) is 1.29. The lowest BCUT2D eigenvalue weighted by molar-refractivity contribution is -0.150. The van der Waals surface area contributed by atoms with Crippen molar-refractivity contribution in [1.82, 2.24) is 10.2 Å². The van der Waals surface area contributed by atoms with Gasteiger partial charge in [0.2, 0.25) is 5.91 Å². The first-order chi connectivity index (χ1) is 12.3. The van der Waals surface area contributed by atoms with E-state index >= 15 is 0 Å². The second-order valence-corrected chi connectivity index (χ2v) is 6.86. The lowest BCUT2D eigenvalue weighted by Crippen LogP contribution is -2.53. The fourth-order valence-corrected chi connectivity index (χ4v) is 2.86. The lowest BCUT2D eigenvalue weighted by atomic mass is 9.94. The number of ether oxygens (including phenoxy) is 2. The maximum absolute atomic E-state index is 12.4. The molecule has 142 valence electrons. The molecule has 0 radical (unpaired) electrons. The highest BCUT2D eigenvalue weighted by Gasteiger charge is 2.34. The van der Waals surface area contributed by atoms with E-state index in [0.717, 1.165) is 0 Å². The van der Waals surface area contributed by atoms with Crippen molar-refractivity contribution in [2.75, 3.05) is 26.8 Å². The zero-order valence-corrected chi connectivity index (χ0v) is 15.5. The number of hydrogen-bond acceptors (Lipinski definition) is 5.